The first-order valence-corrected chi connectivity index (χ1v) is 7.50. The van der Waals surface area contributed by atoms with Crippen molar-refractivity contribution in [1.29, 1.82) is 0 Å². The summed E-state index contributed by atoms with van der Waals surface area (Å²) in [5.74, 6) is 0.742. The van der Waals surface area contributed by atoms with E-state index in [1.807, 2.05) is 0 Å². The van der Waals surface area contributed by atoms with Crippen molar-refractivity contribution in [1.82, 2.24) is 4.98 Å². The van der Waals surface area contributed by atoms with E-state index in [-0.39, 0.29) is 11.8 Å². The highest BCUT2D eigenvalue weighted by Crippen LogP contribution is 2.35. The molecule has 6 nitrogen and oxygen atoms in total. The molecule has 1 heterocycles. The van der Waals surface area contributed by atoms with Crippen molar-refractivity contribution in [2.24, 2.45) is 11.7 Å². The molecule has 2 rings (SSSR count). The minimum Gasteiger partial charge on any atom is -0.473 e. The zero-order chi connectivity index (χ0) is 14.7. The number of pyridine rings is 1. The minimum absolute atomic E-state index is 0.0109. The molecule has 1 fully saturated rings. The number of rotatable bonds is 4. The molecule has 0 saturated heterocycles. The van der Waals surface area contributed by atoms with E-state index in [0.29, 0.717) is 28.4 Å². The van der Waals surface area contributed by atoms with Crippen molar-refractivity contribution < 1.29 is 9.66 Å². The molecule has 1 aliphatic carbocycles. The van der Waals surface area contributed by atoms with E-state index in [1.54, 1.807) is 6.92 Å². The minimum atomic E-state index is -0.444. The van der Waals surface area contributed by atoms with Crippen LogP contribution in [0.2, 0.25) is 0 Å². The van der Waals surface area contributed by atoms with Crippen LogP contribution < -0.4 is 10.5 Å². The second-order valence-electron chi connectivity index (χ2n) is 5.08. The first-order valence-electron chi connectivity index (χ1n) is 6.70. The molecule has 0 bridgehead atoms. The van der Waals surface area contributed by atoms with Crippen molar-refractivity contribution in [2.75, 3.05) is 6.54 Å². The molecule has 110 valence electrons. The lowest BCUT2D eigenvalue weighted by Crippen LogP contribution is -2.35. The number of hydrogen-bond donors (Lipinski definition) is 1. The van der Waals surface area contributed by atoms with E-state index in [0.717, 1.165) is 19.3 Å². The molecule has 0 amide bonds. The van der Waals surface area contributed by atoms with Gasteiger partial charge in [0.15, 0.2) is 0 Å². The Morgan fingerprint density at radius 3 is 2.90 bits per heavy atom. The standard InChI is InChI=1S/C13H18BrN3O3/c1-8-10(17(18)19)7-16-13(12(8)14)20-11-5-3-2-4-9(11)6-15/h7,9,11H,2-6,15H2,1H3. The monoisotopic (exact) mass is 343 g/mol. The quantitative estimate of drug-likeness (QED) is 0.670. The van der Waals surface area contributed by atoms with Gasteiger partial charge in [-0.15, -0.1) is 0 Å². The van der Waals surface area contributed by atoms with Gasteiger partial charge in [0.25, 0.3) is 5.69 Å². The Kier molecular flexibility index (Phi) is 4.93. The summed E-state index contributed by atoms with van der Waals surface area (Å²) in [4.78, 5) is 14.5. The third kappa shape index (κ3) is 3.09. The van der Waals surface area contributed by atoms with Crippen LogP contribution in [0, 0.1) is 23.0 Å². The average molecular weight is 344 g/mol. The SMILES string of the molecule is Cc1c([N+](=O)[O-])cnc(OC2CCCCC2CN)c1Br. The second-order valence-corrected chi connectivity index (χ2v) is 5.87. The Bertz CT molecular complexity index is 510. The maximum Gasteiger partial charge on any atom is 0.291 e. The van der Waals surface area contributed by atoms with Crippen LogP contribution in [-0.2, 0) is 0 Å². The predicted octanol–water partition coefficient (Wildman–Crippen LogP) is 2.96. The lowest BCUT2D eigenvalue weighted by Gasteiger charge is -2.30. The Hall–Kier alpha value is -1.21. The van der Waals surface area contributed by atoms with Gasteiger partial charge in [-0.2, -0.15) is 0 Å². The molecule has 0 radical (unpaired) electrons. The Labute approximate surface area is 126 Å². The van der Waals surface area contributed by atoms with Crippen LogP contribution in [0.25, 0.3) is 0 Å². The van der Waals surface area contributed by atoms with Crippen molar-refractivity contribution in [2.45, 2.75) is 38.7 Å². The van der Waals surface area contributed by atoms with Gasteiger partial charge in [-0.05, 0) is 48.7 Å². The topological polar surface area (TPSA) is 91.3 Å². The summed E-state index contributed by atoms with van der Waals surface area (Å²) in [5, 5.41) is 10.9. The van der Waals surface area contributed by atoms with Gasteiger partial charge in [-0.3, -0.25) is 10.1 Å². The number of ether oxygens (including phenoxy) is 1. The Morgan fingerprint density at radius 1 is 1.55 bits per heavy atom. The largest absolute Gasteiger partial charge is 0.473 e. The number of nitrogens with two attached hydrogens (primary N) is 1. The summed E-state index contributed by atoms with van der Waals surface area (Å²) in [6, 6.07) is 0. The highest BCUT2D eigenvalue weighted by Gasteiger charge is 2.27. The molecule has 1 aliphatic rings. The van der Waals surface area contributed by atoms with Gasteiger partial charge in [-0.1, -0.05) is 6.42 Å². The molecule has 1 aromatic heterocycles. The van der Waals surface area contributed by atoms with Crippen molar-refractivity contribution in [3.05, 3.63) is 26.3 Å². The van der Waals surface area contributed by atoms with Gasteiger partial charge in [0.1, 0.15) is 12.3 Å². The smallest absolute Gasteiger partial charge is 0.291 e. The van der Waals surface area contributed by atoms with Crippen LogP contribution in [0.3, 0.4) is 0 Å². The van der Waals surface area contributed by atoms with Gasteiger partial charge in [0.05, 0.1) is 9.40 Å². The van der Waals surface area contributed by atoms with Crippen LogP contribution in [0.5, 0.6) is 5.88 Å². The second kappa shape index (κ2) is 6.49. The van der Waals surface area contributed by atoms with Gasteiger partial charge < -0.3 is 10.5 Å². The lowest BCUT2D eigenvalue weighted by atomic mass is 9.86. The first-order chi connectivity index (χ1) is 9.54. The zero-order valence-corrected chi connectivity index (χ0v) is 12.9. The van der Waals surface area contributed by atoms with Crippen LogP contribution in [-0.4, -0.2) is 22.6 Å². The Balaban J connectivity index is 2.21. The van der Waals surface area contributed by atoms with E-state index < -0.39 is 4.92 Å². The van der Waals surface area contributed by atoms with Crippen LogP contribution in [0.15, 0.2) is 10.7 Å². The van der Waals surface area contributed by atoms with Crippen LogP contribution >= 0.6 is 15.9 Å². The van der Waals surface area contributed by atoms with Gasteiger partial charge in [0.2, 0.25) is 5.88 Å². The van der Waals surface area contributed by atoms with E-state index in [9.17, 15) is 10.1 Å². The highest BCUT2D eigenvalue weighted by atomic mass is 79.9. The molecule has 1 saturated carbocycles. The van der Waals surface area contributed by atoms with Gasteiger partial charge >= 0.3 is 0 Å². The van der Waals surface area contributed by atoms with Crippen molar-refractivity contribution in [3.63, 3.8) is 0 Å². The maximum atomic E-state index is 10.9. The van der Waals surface area contributed by atoms with E-state index in [4.69, 9.17) is 10.5 Å². The molecule has 0 aliphatic heterocycles. The molecule has 7 heteroatoms. The summed E-state index contributed by atoms with van der Waals surface area (Å²) in [6.07, 6.45) is 5.59. The van der Waals surface area contributed by atoms with E-state index >= 15 is 0 Å². The molecule has 0 spiro atoms. The molecule has 2 unspecified atom stereocenters. The van der Waals surface area contributed by atoms with E-state index in [1.165, 1.54) is 12.6 Å². The van der Waals surface area contributed by atoms with Crippen molar-refractivity contribution >= 4 is 21.6 Å². The number of nitro groups is 1. The molecule has 2 atom stereocenters. The van der Waals surface area contributed by atoms with Gasteiger partial charge in [-0.25, -0.2) is 4.98 Å². The first kappa shape index (κ1) is 15.2. The average Bonchev–Trinajstić information content (AvgIpc) is 2.44. The highest BCUT2D eigenvalue weighted by molar-refractivity contribution is 9.10. The summed E-state index contributed by atoms with van der Waals surface area (Å²) in [5.41, 5.74) is 6.29. The van der Waals surface area contributed by atoms with Crippen LogP contribution in [0.4, 0.5) is 5.69 Å². The molecule has 2 N–H and O–H groups in total. The zero-order valence-electron chi connectivity index (χ0n) is 11.3. The molecule has 20 heavy (non-hydrogen) atoms. The third-order valence-corrected chi connectivity index (χ3v) is 4.74. The molecule has 0 aromatic carbocycles. The summed E-state index contributed by atoms with van der Waals surface area (Å²) in [7, 11) is 0. The number of aromatic nitrogens is 1. The molecule has 1 aromatic rings. The fraction of sp³-hybridized carbons (Fsp3) is 0.615. The van der Waals surface area contributed by atoms with Crippen LogP contribution in [0.1, 0.15) is 31.2 Å². The molecular weight excluding hydrogens is 326 g/mol. The fourth-order valence-electron chi connectivity index (χ4n) is 2.55. The fourth-order valence-corrected chi connectivity index (χ4v) is 2.95. The van der Waals surface area contributed by atoms with Crippen molar-refractivity contribution in [3.8, 4) is 5.88 Å². The normalized spacial score (nSPS) is 22.6. The lowest BCUT2D eigenvalue weighted by molar-refractivity contribution is -0.385. The summed E-state index contributed by atoms with van der Waals surface area (Å²) in [6.45, 7) is 2.27. The maximum absolute atomic E-state index is 10.9. The van der Waals surface area contributed by atoms with E-state index in [2.05, 4.69) is 20.9 Å². The predicted molar refractivity (Wildman–Crippen MR) is 78.8 cm³/mol. The third-order valence-electron chi connectivity index (χ3n) is 3.81. The summed E-state index contributed by atoms with van der Waals surface area (Å²) >= 11 is 3.34. The number of hydrogen-bond acceptors (Lipinski definition) is 5. The molecular formula is C13H18BrN3O3. The van der Waals surface area contributed by atoms with Gasteiger partial charge in [0, 0.05) is 11.5 Å². The summed E-state index contributed by atoms with van der Waals surface area (Å²) < 4.78 is 6.49. The Morgan fingerprint density at radius 2 is 2.25 bits per heavy atom. The number of nitrogens with zero attached hydrogens (tertiary/aromatic N) is 2. The number of halogens is 1.